The quantitative estimate of drug-likeness (QED) is 0.830. The predicted octanol–water partition coefficient (Wildman–Crippen LogP) is 3.18. The molecular weight excluding hydrogens is 345 g/mol. The number of rotatable bonds is 5. The number of piperidine rings is 1. The molecule has 0 radical (unpaired) electrons. The summed E-state index contributed by atoms with van der Waals surface area (Å²) in [5.41, 5.74) is 1.57. The molecule has 5 nitrogen and oxygen atoms in total. The van der Waals surface area contributed by atoms with Crippen LogP contribution in [0.15, 0.2) is 18.2 Å². The van der Waals surface area contributed by atoms with Gasteiger partial charge in [-0.1, -0.05) is 12.1 Å². The number of carbonyl (C=O) groups excluding carboxylic acids is 2. The molecule has 3 amide bonds. The van der Waals surface area contributed by atoms with Gasteiger partial charge < -0.3 is 15.5 Å². The van der Waals surface area contributed by atoms with Crippen LogP contribution in [0.3, 0.4) is 0 Å². The first-order chi connectivity index (χ1) is 12.8. The molecule has 148 valence electrons. The smallest absolute Gasteiger partial charge is 0.317 e. The second kappa shape index (κ2) is 8.28. The van der Waals surface area contributed by atoms with E-state index in [1.165, 1.54) is 18.9 Å². The average molecular weight is 375 g/mol. The summed E-state index contributed by atoms with van der Waals surface area (Å²) in [6.45, 7) is 7.27. The normalized spacial score (nSPS) is 22.6. The van der Waals surface area contributed by atoms with Gasteiger partial charge in [-0.25, -0.2) is 9.18 Å². The van der Waals surface area contributed by atoms with E-state index < -0.39 is 0 Å². The van der Waals surface area contributed by atoms with Gasteiger partial charge in [0.15, 0.2) is 0 Å². The lowest BCUT2D eigenvalue weighted by Crippen LogP contribution is -2.52. The van der Waals surface area contributed by atoms with E-state index in [0.29, 0.717) is 31.0 Å². The third kappa shape index (κ3) is 5.21. The summed E-state index contributed by atoms with van der Waals surface area (Å²) in [5.74, 6) is 0.183. The highest BCUT2D eigenvalue weighted by Crippen LogP contribution is 2.32. The number of amides is 3. The van der Waals surface area contributed by atoms with E-state index in [-0.39, 0.29) is 35.6 Å². The third-order valence-corrected chi connectivity index (χ3v) is 5.44. The summed E-state index contributed by atoms with van der Waals surface area (Å²) in [4.78, 5) is 27.0. The molecule has 2 aliphatic rings. The van der Waals surface area contributed by atoms with Crippen LogP contribution in [-0.4, -0.2) is 42.5 Å². The van der Waals surface area contributed by atoms with Crippen molar-refractivity contribution in [2.24, 2.45) is 11.8 Å². The van der Waals surface area contributed by atoms with Crippen molar-refractivity contribution in [3.05, 3.63) is 35.1 Å². The van der Waals surface area contributed by atoms with E-state index in [2.05, 4.69) is 10.6 Å². The molecule has 6 heteroatoms. The fraction of sp³-hybridized carbons (Fsp3) is 0.619. The van der Waals surface area contributed by atoms with Gasteiger partial charge in [-0.05, 0) is 63.1 Å². The zero-order chi connectivity index (χ0) is 19.6. The summed E-state index contributed by atoms with van der Waals surface area (Å²) in [5, 5.41) is 5.97. The molecule has 1 heterocycles. The molecule has 0 bridgehead atoms. The van der Waals surface area contributed by atoms with Crippen molar-refractivity contribution >= 4 is 11.9 Å². The summed E-state index contributed by atoms with van der Waals surface area (Å²) in [6, 6.07) is 4.97. The first-order valence-corrected chi connectivity index (χ1v) is 9.92. The molecule has 1 aromatic carbocycles. The number of aryl methyl sites for hydroxylation is 1. The number of nitrogens with zero attached hydrogens (tertiary/aromatic N) is 1. The summed E-state index contributed by atoms with van der Waals surface area (Å²) < 4.78 is 13.7. The molecule has 2 atom stereocenters. The number of likely N-dealkylation sites (tertiary alicyclic amines) is 1. The van der Waals surface area contributed by atoms with E-state index in [4.69, 9.17) is 0 Å². The van der Waals surface area contributed by atoms with Crippen molar-refractivity contribution in [3.63, 3.8) is 0 Å². The number of benzene rings is 1. The number of carbonyl (C=O) groups is 2. The third-order valence-electron chi connectivity index (χ3n) is 5.44. The van der Waals surface area contributed by atoms with Crippen LogP contribution in [0.1, 0.15) is 50.2 Å². The maximum absolute atomic E-state index is 13.7. The molecular formula is C21H30FN3O2. The Hall–Kier alpha value is -2.11. The van der Waals surface area contributed by atoms with Gasteiger partial charge in [0, 0.05) is 31.6 Å². The van der Waals surface area contributed by atoms with Gasteiger partial charge >= 0.3 is 6.03 Å². The monoisotopic (exact) mass is 375 g/mol. The summed E-state index contributed by atoms with van der Waals surface area (Å²) >= 11 is 0. The molecule has 2 N–H and O–H groups in total. The Morgan fingerprint density at radius 3 is 2.63 bits per heavy atom. The van der Waals surface area contributed by atoms with E-state index in [0.717, 1.165) is 12.1 Å². The van der Waals surface area contributed by atoms with Gasteiger partial charge in [0.2, 0.25) is 5.91 Å². The second-order valence-corrected chi connectivity index (χ2v) is 8.34. The highest BCUT2D eigenvalue weighted by Gasteiger charge is 2.35. The fourth-order valence-corrected chi connectivity index (χ4v) is 3.67. The molecule has 0 aromatic heterocycles. The molecule has 27 heavy (non-hydrogen) atoms. The van der Waals surface area contributed by atoms with Gasteiger partial charge in [0.25, 0.3) is 0 Å². The van der Waals surface area contributed by atoms with Crippen LogP contribution in [-0.2, 0) is 4.79 Å². The molecule has 1 saturated heterocycles. The SMILES string of the molecule is Cc1cc([C@@H]2C[C@@H](C(=O)NCC3CC3)CN(C(=O)NC(C)C)C2)ccc1F. The Bertz CT molecular complexity index is 703. The maximum atomic E-state index is 13.7. The molecule has 0 unspecified atom stereocenters. The lowest BCUT2D eigenvalue weighted by atomic mass is 9.83. The van der Waals surface area contributed by atoms with Crippen LogP contribution in [0.2, 0.25) is 0 Å². The van der Waals surface area contributed by atoms with Crippen LogP contribution in [0.25, 0.3) is 0 Å². The molecule has 1 aromatic rings. The zero-order valence-corrected chi connectivity index (χ0v) is 16.4. The topological polar surface area (TPSA) is 61.4 Å². The van der Waals surface area contributed by atoms with Crippen molar-refractivity contribution in [3.8, 4) is 0 Å². The number of halogens is 1. The van der Waals surface area contributed by atoms with Gasteiger partial charge in [0.05, 0.1) is 5.92 Å². The first-order valence-electron chi connectivity index (χ1n) is 9.92. The Morgan fingerprint density at radius 2 is 2.00 bits per heavy atom. The largest absolute Gasteiger partial charge is 0.356 e. The van der Waals surface area contributed by atoms with Gasteiger partial charge in [-0.2, -0.15) is 0 Å². The van der Waals surface area contributed by atoms with E-state index in [1.807, 2.05) is 19.9 Å². The number of nitrogens with one attached hydrogen (secondary N) is 2. The highest BCUT2D eigenvalue weighted by molar-refractivity contribution is 5.81. The molecule has 1 saturated carbocycles. The Balaban J connectivity index is 1.75. The highest BCUT2D eigenvalue weighted by atomic mass is 19.1. The summed E-state index contributed by atoms with van der Waals surface area (Å²) in [7, 11) is 0. The number of urea groups is 1. The Labute approximate surface area is 160 Å². The van der Waals surface area contributed by atoms with Crippen molar-refractivity contribution in [1.82, 2.24) is 15.5 Å². The molecule has 2 fully saturated rings. The maximum Gasteiger partial charge on any atom is 0.317 e. The molecule has 0 spiro atoms. The second-order valence-electron chi connectivity index (χ2n) is 8.34. The summed E-state index contributed by atoms with van der Waals surface area (Å²) in [6.07, 6.45) is 3.05. The average Bonchev–Trinajstić information content (AvgIpc) is 3.45. The van der Waals surface area contributed by atoms with E-state index in [1.54, 1.807) is 17.9 Å². The Kier molecular flexibility index (Phi) is 6.02. The van der Waals surface area contributed by atoms with Crippen molar-refractivity contribution < 1.29 is 14.0 Å². The lowest BCUT2D eigenvalue weighted by Gasteiger charge is -2.38. The first kappa shape index (κ1) is 19.6. The van der Waals surface area contributed by atoms with Crippen LogP contribution in [0.4, 0.5) is 9.18 Å². The minimum Gasteiger partial charge on any atom is -0.356 e. The molecule has 1 aliphatic heterocycles. The van der Waals surface area contributed by atoms with Gasteiger partial charge in [0.1, 0.15) is 5.82 Å². The van der Waals surface area contributed by atoms with Crippen molar-refractivity contribution in [2.45, 2.75) is 52.0 Å². The van der Waals surface area contributed by atoms with Crippen molar-refractivity contribution in [1.29, 1.82) is 0 Å². The molecule has 1 aliphatic carbocycles. The van der Waals surface area contributed by atoms with Gasteiger partial charge in [-0.3, -0.25) is 4.79 Å². The fourth-order valence-electron chi connectivity index (χ4n) is 3.67. The van der Waals surface area contributed by atoms with Crippen LogP contribution < -0.4 is 10.6 Å². The lowest BCUT2D eigenvalue weighted by molar-refractivity contribution is -0.126. The Morgan fingerprint density at radius 1 is 1.26 bits per heavy atom. The van der Waals surface area contributed by atoms with Crippen molar-refractivity contribution in [2.75, 3.05) is 19.6 Å². The minimum absolute atomic E-state index is 0.0210. The van der Waals surface area contributed by atoms with E-state index in [9.17, 15) is 14.0 Å². The van der Waals surface area contributed by atoms with Crippen LogP contribution in [0.5, 0.6) is 0 Å². The van der Waals surface area contributed by atoms with Crippen LogP contribution in [0, 0.1) is 24.6 Å². The van der Waals surface area contributed by atoms with Crippen LogP contribution >= 0.6 is 0 Å². The number of hydrogen-bond donors (Lipinski definition) is 2. The molecule has 3 rings (SSSR count). The van der Waals surface area contributed by atoms with E-state index >= 15 is 0 Å². The zero-order valence-electron chi connectivity index (χ0n) is 16.4. The standard InChI is InChI=1S/C21H30FN3O2/c1-13(2)24-21(27)25-11-17(16-6-7-19(22)14(3)8-16)9-18(12-25)20(26)23-10-15-4-5-15/h6-8,13,15,17-18H,4-5,9-12H2,1-3H3,(H,23,26)(H,24,27)/t17-,18-/m1/s1. The predicted molar refractivity (Wildman–Crippen MR) is 103 cm³/mol. The van der Waals surface area contributed by atoms with Gasteiger partial charge in [-0.15, -0.1) is 0 Å². The number of hydrogen-bond acceptors (Lipinski definition) is 2. The minimum atomic E-state index is -0.245.